The number of rotatable bonds is 8. The summed E-state index contributed by atoms with van der Waals surface area (Å²) in [5, 5.41) is 16.6. The lowest BCUT2D eigenvalue weighted by Gasteiger charge is -2.15. The molecule has 2 heterocycles. The highest BCUT2D eigenvalue weighted by Crippen LogP contribution is 2.26. The van der Waals surface area contributed by atoms with Crippen LogP contribution >= 0.6 is 46.9 Å². The number of hydrogen-bond acceptors (Lipinski definition) is 5. The van der Waals surface area contributed by atoms with Crippen LogP contribution in [0, 0.1) is 5.82 Å². The van der Waals surface area contributed by atoms with E-state index < -0.39 is 6.10 Å². The zero-order chi connectivity index (χ0) is 21.3. The summed E-state index contributed by atoms with van der Waals surface area (Å²) in [6.07, 6.45) is 0.907. The lowest BCUT2D eigenvalue weighted by molar-refractivity contribution is 0.184. The highest BCUT2D eigenvalue weighted by Gasteiger charge is 2.12. The number of aliphatic hydroxyl groups excluding tert-OH is 1. The minimum atomic E-state index is -0.698. The number of aromatic nitrogens is 1. The molecular formula is C21H23ClFIN4O2S. The highest BCUT2D eigenvalue weighted by molar-refractivity contribution is 14.0. The molecular weight excluding hydrogens is 554 g/mol. The van der Waals surface area contributed by atoms with Crippen LogP contribution in [0.25, 0.3) is 0 Å². The number of ether oxygens (including phenoxy) is 1. The maximum atomic E-state index is 13.4. The van der Waals surface area contributed by atoms with Crippen molar-refractivity contribution in [2.24, 2.45) is 4.99 Å². The quantitative estimate of drug-likeness (QED) is 0.197. The molecule has 2 aromatic heterocycles. The van der Waals surface area contributed by atoms with Crippen molar-refractivity contribution in [3.8, 4) is 11.6 Å². The van der Waals surface area contributed by atoms with Gasteiger partial charge in [0.15, 0.2) is 5.96 Å². The van der Waals surface area contributed by atoms with Crippen molar-refractivity contribution < 1.29 is 14.2 Å². The number of benzene rings is 1. The Morgan fingerprint density at radius 1 is 1.26 bits per heavy atom. The number of pyridine rings is 1. The Morgan fingerprint density at radius 3 is 2.81 bits per heavy atom. The van der Waals surface area contributed by atoms with Gasteiger partial charge < -0.3 is 20.5 Å². The molecule has 10 heteroatoms. The van der Waals surface area contributed by atoms with Crippen molar-refractivity contribution in [1.29, 1.82) is 0 Å². The van der Waals surface area contributed by atoms with Gasteiger partial charge in [-0.15, -0.1) is 35.3 Å². The first kappa shape index (κ1) is 25.3. The van der Waals surface area contributed by atoms with Crippen molar-refractivity contribution in [3.63, 3.8) is 0 Å². The predicted molar refractivity (Wildman–Crippen MR) is 133 cm³/mol. The Kier molecular flexibility index (Phi) is 10.4. The van der Waals surface area contributed by atoms with Crippen LogP contribution in [0.5, 0.6) is 11.6 Å². The summed E-state index contributed by atoms with van der Waals surface area (Å²) in [6.45, 7) is 3.18. The van der Waals surface area contributed by atoms with Crippen molar-refractivity contribution in [3.05, 3.63) is 75.3 Å². The normalized spacial score (nSPS) is 12.1. The van der Waals surface area contributed by atoms with Gasteiger partial charge in [0.05, 0.1) is 10.9 Å². The van der Waals surface area contributed by atoms with Crippen LogP contribution in [0.2, 0.25) is 4.34 Å². The third-order valence-corrected chi connectivity index (χ3v) is 5.33. The van der Waals surface area contributed by atoms with Gasteiger partial charge in [-0.1, -0.05) is 23.7 Å². The SMILES string of the molecule is CCNC(=NCc1cccnc1Oc1cccc(F)c1)NCC(O)c1ccc(Cl)s1.I. The van der Waals surface area contributed by atoms with Crippen molar-refractivity contribution >= 4 is 52.9 Å². The molecule has 3 rings (SSSR count). The van der Waals surface area contributed by atoms with Gasteiger partial charge in [-0.3, -0.25) is 0 Å². The van der Waals surface area contributed by atoms with E-state index in [0.29, 0.717) is 28.5 Å². The maximum Gasteiger partial charge on any atom is 0.224 e. The molecule has 0 radical (unpaired) electrons. The molecule has 0 aliphatic heterocycles. The van der Waals surface area contributed by atoms with Crippen LogP contribution in [0.4, 0.5) is 4.39 Å². The fraction of sp³-hybridized carbons (Fsp3) is 0.238. The van der Waals surface area contributed by atoms with Crippen molar-refractivity contribution in [2.45, 2.75) is 19.6 Å². The minimum absolute atomic E-state index is 0. The molecule has 3 N–H and O–H groups in total. The van der Waals surface area contributed by atoms with Crippen LogP contribution in [-0.4, -0.2) is 29.1 Å². The second-order valence-corrected chi connectivity index (χ2v) is 8.01. The number of nitrogens with one attached hydrogen (secondary N) is 2. The molecule has 31 heavy (non-hydrogen) atoms. The molecule has 3 aromatic rings. The second kappa shape index (κ2) is 12.8. The monoisotopic (exact) mass is 576 g/mol. The number of halogens is 3. The maximum absolute atomic E-state index is 13.4. The number of nitrogens with zero attached hydrogens (tertiary/aromatic N) is 2. The van der Waals surface area contributed by atoms with Gasteiger partial charge in [-0.05, 0) is 37.3 Å². The molecule has 0 saturated carbocycles. The van der Waals surface area contributed by atoms with Gasteiger partial charge in [-0.25, -0.2) is 14.4 Å². The zero-order valence-corrected chi connectivity index (χ0v) is 20.6. The van der Waals surface area contributed by atoms with E-state index in [4.69, 9.17) is 16.3 Å². The van der Waals surface area contributed by atoms with E-state index in [2.05, 4.69) is 20.6 Å². The summed E-state index contributed by atoms with van der Waals surface area (Å²) in [5.74, 6) is 0.879. The van der Waals surface area contributed by atoms with Crippen LogP contribution < -0.4 is 15.4 Å². The Morgan fingerprint density at radius 2 is 2.10 bits per heavy atom. The van der Waals surface area contributed by atoms with E-state index in [-0.39, 0.29) is 42.9 Å². The van der Waals surface area contributed by atoms with Gasteiger partial charge in [0.2, 0.25) is 5.88 Å². The average Bonchev–Trinajstić information content (AvgIpc) is 3.17. The lowest BCUT2D eigenvalue weighted by Crippen LogP contribution is -2.39. The molecule has 166 valence electrons. The first-order valence-corrected chi connectivity index (χ1v) is 10.6. The molecule has 1 atom stereocenters. The molecule has 6 nitrogen and oxygen atoms in total. The summed E-state index contributed by atoms with van der Waals surface area (Å²) in [5.41, 5.74) is 0.740. The first-order valence-electron chi connectivity index (χ1n) is 9.38. The highest BCUT2D eigenvalue weighted by atomic mass is 127. The Labute approximate surface area is 206 Å². The van der Waals surface area contributed by atoms with E-state index in [1.165, 1.54) is 23.5 Å². The zero-order valence-electron chi connectivity index (χ0n) is 16.7. The topological polar surface area (TPSA) is 78.8 Å². The summed E-state index contributed by atoms with van der Waals surface area (Å²) in [6, 6.07) is 13.1. The fourth-order valence-corrected chi connectivity index (χ4v) is 3.63. The number of hydrogen-bond donors (Lipinski definition) is 3. The lowest BCUT2D eigenvalue weighted by atomic mass is 10.2. The molecule has 0 saturated heterocycles. The molecule has 1 aromatic carbocycles. The van der Waals surface area contributed by atoms with Crippen molar-refractivity contribution in [1.82, 2.24) is 15.6 Å². The van der Waals surface area contributed by atoms with E-state index >= 15 is 0 Å². The van der Waals surface area contributed by atoms with Crippen LogP contribution in [0.1, 0.15) is 23.5 Å². The molecule has 0 fully saturated rings. The van der Waals surface area contributed by atoms with Gasteiger partial charge in [0.25, 0.3) is 0 Å². The predicted octanol–water partition coefficient (Wildman–Crippen LogP) is 5.13. The largest absolute Gasteiger partial charge is 0.439 e. The summed E-state index contributed by atoms with van der Waals surface area (Å²) in [7, 11) is 0. The number of thiophene rings is 1. The van der Waals surface area contributed by atoms with Gasteiger partial charge in [0.1, 0.15) is 17.7 Å². The third-order valence-electron chi connectivity index (χ3n) is 4.00. The number of guanidine groups is 1. The molecule has 0 aliphatic carbocycles. The summed E-state index contributed by atoms with van der Waals surface area (Å²) < 4.78 is 19.8. The summed E-state index contributed by atoms with van der Waals surface area (Å²) in [4.78, 5) is 9.56. The van der Waals surface area contributed by atoms with E-state index in [0.717, 1.165) is 10.4 Å². The number of aliphatic hydroxyl groups is 1. The minimum Gasteiger partial charge on any atom is -0.439 e. The standard InChI is InChI=1S/C21H22ClFN4O2S.HI/c1-2-24-21(27-13-17(28)18-8-9-19(22)30-18)26-12-14-5-4-10-25-20(14)29-16-7-3-6-15(23)11-16;/h3-11,17,28H,2,12-13H2,1H3,(H2,24,26,27);1H. The molecule has 0 spiro atoms. The van der Waals surface area contributed by atoms with Gasteiger partial charge in [0, 0.05) is 35.8 Å². The molecule has 0 aliphatic rings. The molecule has 0 amide bonds. The van der Waals surface area contributed by atoms with E-state index in [1.807, 2.05) is 13.0 Å². The number of aliphatic imine (C=N–C) groups is 1. The van der Waals surface area contributed by atoms with Crippen LogP contribution in [0.3, 0.4) is 0 Å². The summed E-state index contributed by atoms with van der Waals surface area (Å²) >= 11 is 7.27. The molecule has 1 unspecified atom stereocenters. The van der Waals surface area contributed by atoms with Crippen LogP contribution in [-0.2, 0) is 6.54 Å². The van der Waals surface area contributed by atoms with Gasteiger partial charge in [-0.2, -0.15) is 0 Å². The third kappa shape index (κ3) is 7.91. The van der Waals surface area contributed by atoms with Crippen LogP contribution in [0.15, 0.2) is 59.7 Å². The smallest absolute Gasteiger partial charge is 0.224 e. The van der Waals surface area contributed by atoms with Gasteiger partial charge >= 0.3 is 0 Å². The van der Waals surface area contributed by atoms with E-state index in [1.54, 1.807) is 36.5 Å². The Hall–Kier alpha value is -1.95. The average molecular weight is 577 g/mol. The second-order valence-electron chi connectivity index (χ2n) is 6.26. The molecule has 0 bridgehead atoms. The van der Waals surface area contributed by atoms with E-state index in [9.17, 15) is 9.50 Å². The Balaban J connectivity index is 0.00000341. The Bertz CT molecular complexity index is 1000. The van der Waals surface area contributed by atoms with Crippen molar-refractivity contribution in [2.75, 3.05) is 13.1 Å². The first-order chi connectivity index (χ1) is 14.5. The fourth-order valence-electron chi connectivity index (χ4n) is 2.59.